The fourth-order valence-electron chi connectivity index (χ4n) is 2.91. The molecule has 1 aromatic heterocycles. The molecule has 0 spiro atoms. The maximum absolute atomic E-state index is 12.3. The molecule has 0 bridgehead atoms. The average Bonchev–Trinajstić information content (AvgIpc) is 3.02. The lowest BCUT2D eigenvalue weighted by molar-refractivity contribution is -0.126. The standard InChI is InChI=1S/C17H22N4O2/c1-11(2)16-19-15(23-20-16)10-21-9-13-7-5-4-6-12(13)8-14(21)17(22)18-3/h4-7,11,14H,8-10H2,1-3H3,(H,18,22). The lowest BCUT2D eigenvalue weighted by Crippen LogP contribution is -2.49. The van der Waals surface area contributed by atoms with Gasteiger partial charge in [0, 0.05) is 19.5 Å². The van der Waals surface area contributed by atoms with Crippen LogP contribution in [-0.2, 0) is 24.3 Å². The Morgan fingerprint density at radius 1 is 1.39 bits per heavy atom. The fourth-order valence-corrected chi connectivity index (χ4v) is 2.91. The maximum atomic E-state index is 12.3. The van der Waals surface area contributed by atoms with E-state index in [2.05, 4.69) is 32.5 Å². The van der Waals surface area contributed by atoms with E-state index in [4.69, 9.17) is 4.52 Å². The molecule has 2 heterocycles. The lowest BCUT2D eigenvalue weighted by Gasteiger charge is -2.34. The van der Waals surface area contributed by atoms with Crippen molar-refractivity contribution < 1.29 is 9.32 Å². The van der Waals surface area contributed by atoms with Gasteiger partial charge in [-0.3, -0.25) is 9.69 Å². The number of fused-ring (bicyclic) bond motifs is 1. The minimum absolute atomic E-state index is 0.0168. The Labute approximate surface area is 135 Å². The number of hydrogen-bond donors (Lipinski definition) is 1. The summed E-state index contributed by atoms with van der Waals surface area (Å²) in [7, 11) is 1.67. The Bertz CT molecular complexity index is 695. The summed E-state index contributed by atoms with van der Waals surface area (Å²) in [5, 5.41) is 6.76. The van der Waals surface area contributed by atoms with Crippen LogP contribution in [0.3, 0.4) is 0 Å². The number of carbonyl (C=O) groups is 1. The normalized spacial score (nSPS) is 18.0. The third-order valence-electron chi connectivity index (χ3n) is 4.23. The summed E-state index contributed by atoms with van der Waals surface area (Å²) >= 11 is 0. The molecule has 2 aromatic rings. The van der Waals surface area contributed by atoms with Crippen LogP contribution < -0.4 is 5.32 Å². The van der Waals surface area contributed by atoms with Crippen LogP contribution in [-0.4, -0.2) is 34.0 Å². The van der Waals surface area contributed by atoms with Gasteiger partial charge in [-0.15, -0.1) is 0 Å². The van der Waals surface area contributed by atoms with Crippen molar-refractivity contribution >= 4 is 5.91 Å². The molecule has 0 fully saturated rings. The molecule has 1 N–H and O–H groups in total. The molecular weight excluding hydrogens is 292 g/mol. The quantitative estimate of drug-likeness (QED) is 0.933. The highest BCUT2D eigenvalue weighted by atomic mass is 16.5. The molecule has 0 radical (unpaired) electrons. The zero-order valence-electron chi connectivity index (χ0n) is 13.7. The largest absolute Gasteiger partial charge is 0.358 e. The number of aromatic nitrogens is 2. The minimum atomic E-state index is -0.218. The molecule has 0 aliphatic carbocycles. The first-order valence-electron chi connectivity index (χ1n) is 7.93. The third-order valence-corrected chi connectivity index (χ3v) is 4.23. The molecule has 1 aromatic carbocycles. The van der Waals surface area contributed by atoms with Crippen LogP contribution in [0.1, 0.15) is 42.6 Å². The van der Waals surface area contributed by atoms with E-state index in [9.17, 15) is 4.79 Å². The molecule has 122 valence electrons. The second-order valence-electron chi connectivity index (χ2n) is 6.21. The number of likely N-dealkylation sites (N-methyl/N-ethyl adjacent to an activating group) is 1. The van der Waals surface area contributed by atoms with Crippen molar-refractivity contribution in [2.45, 2.75) is 45.3 Å². The van der Waals surface area contributed by atoms with Gasteiger partial charge in [0.2, 0.25) is 11.8 Å². The van der Waals surface area contributed by atoms with E-state index in [1.165, 1.54) is 11.1 Å². The molecule has 0 saturated heterocycles. The van der Waals surface area contributed by atoms with Gasteiger partial charge < -0.3 is 9.84 Å². The van der Waals surface area contributed by atoms with Crippen molar-refractivity contribution in [2.75, 3.05) is 7.05 Å². The monoisotopic (exact) mass is 314 g/mol. The minimum Gasteiger partial charge on any atom is -0.358 e. The van der Waals surface area contributed by atoms with Crippen molar-refractivity contribution in [3.8, 4) is 0 Å². The second-order valence-corrected chi connectivity index (χ2v) is 6.21. The van der Waals surface area contributed by atoms with Gasteiger partial charge in [0.1, 0.15) is 0 Å². The van der Waals surface area contributed by atoms with E-state index >= 15 is 0 Å². The van der Waals surface area contributed by atoms with Crippen LogP contribution in [0.15, 0.2) is 28.8 Å². The first-order valence-corrected chi connectivity index (χ1v) is 7.93. The number of benzene rings is 1. The topological polar surface area (TPSA) is 71.3 Å². The van der Waals surface area contributed by atoms with Gasteiger partial charge in [0.05, 0.1) is 12.6 Å². The van der Waals surface area contributed by atoms with Crippen LogP contribution in [0, 0.1) is 0 Å². The third kappa shape index (κ3) is 3.27. The molecule has 0 saturated carbocycles. The second kappa shape index (κ2) is 6.50. The summed E-state index contributed by atoms with van der Waals surface area (Å²) in [6, 6.07) is 8.02. The summed E-state index contributed by atoms with van der Waals surface area (Å²) in [6.45, 7) is 5.23. The van der Waals surface area contributed by atoms with Crippen LogP contribution in [0.2, 0.25) is 0 Å². The summed E-state index contributed by atoms with van der Waals surface area (Å²) < 4.78 is 5.34. The Morgan fingerprint density at radius 2 is 2.13 bits per heavy atom. The summed E-state index contributed by atoms with van der Waals surface area (Å²) in [5.41, 5.74) is 2.47. The molecule has 6 nitrogen and oxygen atoms in total. The smallest absolute Gasteiger partial charge is 0.240 e. The van der Waals surface area contributed by atoms with Gasteiger partial charge in [-0.2, -0.15) is 4.98 Å². The number of rotatable bonds is 4. The van der Waals surface area contributed by atoms with Gasteiger partial charge in [0.25, 0.3) is 0 Å². The average molecular weight is 314 g/mol. The van der Waals surface area contributed by atoms with Crippen molar-refractivity contribution in [3.63, 3.8) is 0 Å². The van der Waals surface area contributed by atoms with E-state index in [1.807, 2.05) is 26.0 Å². The Hall–Kier alpha value is -2.21. The highest BCUT2D eigenvalue weighted by Gasteiger charge is 2.32. The van der Waals surface area contributed by atoms with Crippen LogP contribution in [0.4, 0.5) is 0 Å². The molecule has 1 unspecified atom stereocenters. The molecule has 6 heteroatoms. The molecule has 1 aliphatic rings. The van der Waals surface area contributed by atoms with Crippen LogP contribution >= 0.6 is 0 Å². The predicted molar refractivity (Wildman–Crippen MR) is 85.6 cm³/mol. The van der Waals surface area contributed by atoms with Crippen LogP contribution in [0.25, 0.3) is 0 Å². The molecule has 1 aliphatic heterocycles. The van der Waals surface area contributed by atoms with E-state index in [0.29, 0.717) is 31.2 Å². The maximum Gasteiger partial charge on any atom is 0.240 e. The van der Waals surface area contributed by atoms with Crippen molar-refractivity contribution in [3.05, 3.63) is 47.1 Å². The van der Waals surface area contributed by atoms with E-state index < -0.39 is 0 Å². The number of nitrogens with zero attached hydrogens (tertiary/aromatic N) is 3. The van der Waals surface area contributed by atoms with E-state index in [0.717, 1.165) is 0 Å². The highest BCUT2D eigenvalue weighted by Crippen LogP contribution is 2.25. The zero-order chi connectivity index (χ0) is 16.4. The molecule has 1 atom stereocenters. The predicted octanol–water partition coefficient (Wildman–Crippen LogP) is 1.87. The van der Waals surface area contributed by atoms with Crippen molar-refractivity contribution in [2.24, 2.45) is 0 Å². The number of amides is 1. The Balaban J connectivity index is 1.83. The molecule has 23 heavy (non-hydrogen) atoms. The summed E-state index contributed by atoms with van der Waals surface area (Å²) in [4.78, 5) is 18.8. The summed E-state index contributed by atoms with van der Waals surface area (Å²) in [6.07, 6.45) is 0.695. The number of nitrogens with one attached hydrogen (secondary N) is 1. The van der Waals surface area contributed by atoms with Gasteiger partial charge in [-0.1, -0.05) is 43.3 Å². The van der Waals surface area contributed by atoms with Crippen LogP contribution in [0.5, 0.6) is 0 Å². The van der Waals surface area contributed by atoms with E-state index in [-0.39, 0.29) is 17.9 Å². The van der Waals surface area contributed by atoms with Gasteiger partial charge in [-0.25, -0.2) is 0 Å². The van der Waals surface area contributed by atoms with Gasteiger partial charge >= 0.3 is 0 Å². The van der Waals surface area contributed by atoms with Gasteiger partial charge in [0.15, 0.2) is 5.82 Å². The summed E-state index contributed by atoms with van der Waals surface area (Å²) in [5.74, 6) is 1.50. The molecular formula is C17H22N4O2. The highest BCUT2D eigenvalue weighted by molar-refractivity contribution is 5.82. The molecule has 3 rings (SSSR count). The van der Waals surface area contributed by atoms with Crippen molar-refractivity contribution in [1.29, 1.82) is 0 Å². The van der Waals surface area contributed by atoms with E-state index in [1.54, 1.807) is 7.05 Å². The lowest BCUT2D eigenvalue weighted by atomic mass is 9.93. The first kappa shape index (κ1) is 15.7. The zero-order valence-corrected chi connectivity index (χ0v) is 13.7. The Kier molecular flexibility index (Phi) is 4.43. The number of carbonyl (C=O) groups excluding carboxylic acids is 1. The Morgan fingerprint density at radius 3 is 2.78 bits per heavy atom. The number of hydrogen-bond acceptors (Lipinski definition) is 5. The van der Waals surface area contributed by atoms with Crippen molar-refractivity contribution in [1.82, 2.24) is 20.4 Å². The fraction of sp³-hybridized carbons (Fsp3) is 0.471. The SMILES string of the molecule is CNC(=O)C1Cc2ccccc2CN1Cc1nc(C(C)C)no1. The molecule has 1 amide bonds. The van der Waals surface area contributed by atoms with Gasteiger partial charge in [-0.05, 0) is 17.5 Å². The first-order chi connectivity index (χ1) is 11.1.